The zero-order valence-corrected chi connectivity index (χ0v) is 7.32. The largest absolute Gasteiger partial charge is 0.481 e. The molecule has 1 aliphatic heterocycles. The first-order valence-corrected chi connectivity index (χ1v) is 4.17. The Morgan fingerprint density at radius 3 is 3.00 bits per heavy atom. The molecule has 0 fully saturated rings. The molecule has 1 aliphatic rings. The fraction of sp³-hybridized carbons (Fsp3) is 0.200. The van der Waals surface area contributed by atoms with Crippen LogP contribution in [0.5, 0.6) is 0 Å². The van der Waals surface area contributed by atoms with Gasteiger partial charge in [0.2, 0.25) is 0 Å². The van der Waals surface area contributed by atoms with Crippen LogP contribution in [0.4, 0.5) is 0 Å². The lowest BCUT2D eigenvalue weighted by molar-refractivity contribution is -0.136. The summed E-state index contributed by atoms with van der Waals surface area (Å²) in [6.07, 6.45) is -0.0263. The molecule has 14 heavy (non-hydrogen) atoms. The third kappa shape index (κ3) is 1.46. The predicted octanol–water partition coefficient (Wildman–Crippen LogP) is 0.984. The molecule has 1 aromatic carbocycles. The molecule has 72 valence electrons. The molecule has 4 heteroatoms. The van der Waals surface area contributed by atoms with Crippen molar-refractivity contribution in [3.05, 3.63) is 34.9 Å². The van der Waals surface area contributed by atoms with Crippen molar-refractivity contribution < 1.29 is 19.4 Å². The molecule has 0 saturated heterocycles. The van der Waals surface area contributed by atoms with Crippen molar-refractivity contribution in [2.45, 2.75) is 13.0 Å². The molecule has 1 heterocycles. The predicted molar refractivity (Wildman–Crippen MR) is 46.9 cm³/mol. The van der Waals surface area contributed by atoms with Crippen LogP contribution < -0.4 is 0 Å². The summed E-state index contributed by atoms with van der Waals surface area (Å²) < 4.78 is 4.80. The topological polar surface area (TPSA) is 63.6 Å². The normalized spacial score (nSPS) is 13.6. The van der Waals surface area contributed by atoms with Gasteiger partial charge in [-0.15, -0.1) is 0 Å². The van der Waals surface area contributed by atoms with E-state index < -0.39 is 5.97 Å². The van der Waals surface area contributed by atoms with E-state index in [0.717, 1.165) is 5.56 Å². The Hall–Kier alpha value is -1.84. The number of cyclic esters (lactones) is 1. The van der Waals surface area contributed by atoms with Gasteiger partial charge in [-0.2, -0.15) is 0 Å². The number of carboxylic acids is 1. The van der Waals surface area contributed by atoms with Crippen molar-refractivity contribution in [1.29, 1.82) is 0 Å². The number of aliphatic carboxylic acids is 1. The van der Waals surface area contributed by atoms with Crippen LogP contribution in [-0.2, 0) is 22.6 Å². The standard InChI is InChI=1S/C10H8O4/c11-9(12)4-6-1-2-8-7(3-6)5-14-10(8)13/h1-3H,4-5H2,(H,11,12). The van der Waals surface area contributed by atoms with E-state index in [2.05, 4.69) is 0 Å². The Kier molecular flexibility index (Phi) is 1.96. The highest BCUT2D eigenvalue weighted by Crippen LogP contribution is 2.21. The number of carbonyl (C=O) groups excluding carboxylic acids is 1. The van der Waals surface area contributed by atoms with Crippen LogP contribution in [0.1, 0.15) is 21.5 Å². The van der Waals surface area contributed by atoms with Crippen LogP contribution in [0.15, 0.2) is 18.2 Å². The van der Waals surface area contributed by atoms with Crippen molar-refractivity contribution in [2.75, 3.05) is 0 Å². The molecule has 0 aliphatic carbocycles. The first-order valence-electron chi connectivity index (χ1n) is 4.17. The van der Waals surface area contributed by atoms with Gasteiger partial charge in [-0.3, -0.25) is 4.79 Å². The second-order valence-electron chi connectivity index (χ2n) is 3.14. The lowest BCUT2D eigenvalue weighted by atomic mass is 10.0. The van der Waals surface area contributed by atoms with E-state index in [1.165, 1.54) is 0 Å². The van der Waals surface area contributed by atoms with Gasteiger partial charge in [0.05, 0.1) is 12.0 Å². The maximum atomic E-state index is 11.1. The van der Waals surface area contributed by atoms with E-state index in [4.69, 9.17) is 9.84 Å². The number of carboxylic acid groups (broad SMARTS) is 1. The fourth-order valence-corrected chi connectivity index (χ4v) is 1.47. The van der Waals surface area contributed by atoms with Crippen LogP contribution >= 0.6 is 0 Å². The second-order valence-corrected chi connectivity index (χ2v) is 3.14. The monoisotopic (exact) mass is 192 g/mol. The molecule has 0 bridgehead atoms. The van der Waals surface area contributed by atoms with Crippen LogP contribution in [0.2, 0.25) is 0 Å². The van der Waals surface area contributed by atoms with Crippen molar-refractivity contribution >= 4 is 11.9 Å². The molecule has 0 spiro atoms. The van der Waals surface area contributed by atoms with Crippen molar-refractivity contribution in [3.63, 3.8) is 0 Å². The number of hydrogen-bond acceptors (Lipinski definition) is 3. The third-order valence-corrected chi connectivity index (χ3v) is 2.10. The number of esters is 1. The van der Waals surface area contributed by atoms with Crippen LogP contribution in [0.25, 0.3) is 0 Å². The summed E-state index contributed by atoms with van der Waals surface area (Å²) in [6, 6.07) is 4.96. The zero-order valence-electron chi connectivity index (χ0n) is 7.32. The Labute approximate surface area is 80.1 Å². The molecule has 0 aromatic heterocycles. The summed E-state index contributed by atoms with van der Waals surface area (Å²) in [5.41, 5.74) is 2.00. The smallest absolute Gasteiger partial charge is 0.338 e. The molecule has 2 rings (SSSR count). The van der Waals surface area contributed by atoms with Gasteiger partial charge in [0.15, 0.2) is 0 Å². The van der Waals surface area contributed by atoms with Crippen LogP contribution in [-0.4, -0.2) is 17.0 Å². The molecular formula is C10H8O4. The Bertz CT molecular complexity index is 409. The van der Waals surface area contributed by atoms with Crippen molar-refractivity contribution in [2.24, 2.45) is 0 Å². The average Bonchev–Trinajstić information content (AvgIpc) is 2.46. The molecule has 0 amide bonds. The molecular weight excluding hydrogens is 184 g/mol. The highest BCUT2D eigenvalue weighted by molar-refractivity contribution is 5.93. The molecule has 0 saturated carbocycles. The summed E-state index contributed by atoms with van der Waals surface area (Å²) in [7, 11) is 0. The second kappa shape index (κ2) is 3.14. The quantitative estimate of drug-likeness (QED) is 0.709. The minimum Gasteiger partial charge on any atom is -0.481 e. The number of benzene rings is 1. The number of rotatable bonds is 2. The van der Waals surface area contributed by atoms with E-state index in [1.54, 1.807) is 18.2 Å². The fourth-order valence-electron chi connectivity index (χ4n) is 1.47. The Balaban J connectivity index is 2.32. The molecule has 0 unspecified atom stereocenters. The van der Waals surface area contributed by atoms with E-state index in [-0.39, 0.29) is 19.0 Å². The molecule has 1 N–H and O–H groups in total. The summed E-state index contributed by atoms with van der Waals surface area (Å²) in [5, 5.41) is 8.57. The maximum absolute atomic E-state index is 11.1. The van der Waals surface area contributed by atoms with Gasteiger partial charge in [0.1, 0.15) is 6.61 Å². The van der Waals surface area contributed by atoms with Gasteiger partial charge >= 0.3 is 11.9 Å². The average molecular weight is 192 g/mol. The van der Waals surface area contributed by atoms with Crippen LogP contribution in [0.3, 0.4) is 0 Å². The minimum absolute atomic E-state index is 0.0263. The SMILES string of the molecule is O=C(O)Cc1ccc2c(c1)COC2=O. The first-order chi connectivity index (χ1) is 6.66. The number of carbonyl (C=O) groups is 2. The van der Waals surface area contributed by atoms with Gasteiger partial charge in [-0.25, -0.2) is 4.79 Å². The Morgan fingerprint density at radius 2 is 2.29 bits per heavy atom. The number of fused-ring (bicyclic) bond motifs is 1. The highest BCUT2D eigenvalue weighted by Gasteiger charge is 2.20. The van der Waals surface area contributed by atoms with Gasteiger partial charge in [0.25, 0.3) is 0 Å². The van der Waals surface area contributed by atoms with E-state index in [1.807, 2.05) is 0 Å². The van der Waals surface area contributed by atoms with E-state index in [9.17, 15) is 9.59 Å². The van der Waals surface area contributed by atoms with Gasteiger partial charge in [0, 0.05) is 5.56 Å². The summed E-state index contributed by atoms with van der Waals surface area (Å²) in [4.78, 5) is 21.5. The third-order valence-electron chi connectivity index (χ3n) is 2.10. The van der Waals surface area contributed by atoms with Crippen molar-refractivity contribution in [3.8, 4) is 0 Å². The lowest BCUT2D eigenvalue weighted by Gasteiger charge is -1.98. The van der Waals surface area contributed by atoms with Gasteiger partial charge in [-0.1, -0.05) is 12.1 Å². The molecule has 1 aromatic rings. The molecule has 0 atom stereocenters. The summed E-state index contributed by atoms with van der Waals surface area (Å²) in [6.45, 7) is 0.252. The van der Waals surface area contributed by atoms with Crippen LogP contribution in [0, 0.1) is 0 Å². The minimum atomic E-state index is -0.879. The number of hydrogen-bond donors (Lipinski definition) is 1. The van der Waals surface area contributed by atoms with E-state index in [0.29, 0.717) is 11.1 Å². The van der Waals surface area contributed by atoms with Gasteiger partial charge in [-0.05, 0) is 11.6 Å². The summed E-state index contributed by atoms with van der Waals surface area (Å²) >= 11 is 0. The van der Waals surface area contributed by atoms with Crippen molar-refractivity contribution in [1.82, 2.24) is 0 Å². The Morgan fingerprint density at radius 1 is 1.50 bits per heavy atom. The first kappa shape index (κ1) is 8.74. The van der Waals surface area contributed by atoms with Gasteiger partial charge < -0.3 is 9.84 Å². The zero-order chi connectivity index (χ0) is 10.1. The molecule has 4 nitrogen and oxygen atoms in total. The molecule has 0 radical (unpaired) electrons. The lowest BCUT2D eigenvalue weighted by Crippen LogP contribution is -2.01. The van der Waals surface area contributed by atoms with E-state index >= 15 is 0 Å². The summed E-state index contributed by atoms with van der Waals surface area (Å²) in [5.74, 6) is -1.21. The maximum Gasteiger partial charge on any atom is 0.338 e. The number of ether oxygens (including phenoxy) is 1. The highest BCUT2D eigenvalue weighted by atomic mass is 16.5.